The Balaban J connectivity index is 2.08. The van der Waals surface area contributed by atoms with Crippen LogP contribution in [-0.4, -0.2) is 10.1 Å². The minimum atomic E-state index is 0.431. The minimum Gasteiger partial charge on any atom is -0.332 e. The molecule has 0 aliphatic rings. The number of aromatic nitrogens is 1. The molecule has 0 amide bonds. The summed E-state index contributed by atoms with van der Waals surface area (Å²) in [5.41, 5.74) is 2.78. The molecule has 1 aromatic carbocycles. The summed E-state index contributed by atoms with van der Waals surface area (Å²) >= 11 is 17.1. The first kappa shape index (κ1) is 15.0. The molecule has 1 aromatic heterocycles. The monoisotopic (exact) mass is 325 g/mol. The lowest BCUT2D eigenvalue weighted by molar-refractivity contribution is 1.18. The van der Waals surface area contributed by atoms with E-state index < -0.39 is 0 Å². The fourth-order valence-corrected chi connectivity index (χ4v) is 2.56. The van der Waals surface area contributed by atoms with Gasteiger partial charge in [-0.3, -0.25) is 0 Å². The molecule has 2 aromatic rings. The molecule has 2 rings (SSSR count). The molecule has 20 heavy (non-hydrogen) atoms. The summed E-state index contributed by atoms with van der Waals surface area (Å²) in [5.74, 6) is 0.702. The molecule has 0 radical (unpaired) electrons. The minimum absolute atomic E-state index is 0.431. The number of nitrogens with one attached hydrogen (secondary N) is 2. The van der Waals surface area contributed by atoms with E-state index in [-0.39, 0.29) is 0 Å². The predicted octanol–water partition coefficient (Wildman–Crippen LogP) is 4.81. The van der Waals surface area contributed by atoms with E-state index in [0.29, 0.717) is 21.0 Å². The van der Waals surface area contributed by atoms with Gasteiger partial charge in [-0.1, -0.05) is 23.2 Å². The highest BCUT2D eigenvalue weighted by Crippen LogP contribution is 2.22. The van der Waals surface area contributed by atoms with E-state index in [2.05, 4.69) is 15.6 Å². The highest BCUT2D eigenvalue weighted by atomic mass is 35.5. The quantitative estimate of drug-likeness (QED) is 0.776. The van der Waals surface area contributed by atoms with E-state index in [1.165, 1.54) is 0 Å². The van der Waals surface area contributed by atoms with Crippen molar-refractivity contribution < 1.29 is 0 Å². The second-order valence-corrected chi connectivity index (χ2v) is 5.69. The van der Waals surface area contributed by atoms with Crippen molar-refractivity contribution in [3.63, 3.8) is 0 Å². The van der Waals surface area contributed by atoms with Gasteiger partial charge < -0.3 is 10.6 Å². The summed E-state index contributed by atoms with van der Waals surface area (Å²) < 4.78 is 0. The number of hydrogen-bond donors (Lipinski definition) is 2. The normalized spacial score (nSPS) is 10.2. The van der Waals surface area contributed by atoms with E-state index in [1.54, 1.807) is 18.2 Å². The number of aryl methyl sites for hydroxylation is 2. The number of anilines is 2. The first-order valence-corrected chi connectivity index (χ1v) is 7.08. The number of nitrogens with zero attached hydrogens (tertiary/aromatic N) is 1. The fourth-order valence-electron chi connectivity index (χ4n) is 1.81. The van der Waals surface area contributed by atoms with Gasteiger partial charge >= 0.3 is 0 Å². The summed E-state index contributed by atoms with van der Waals surface area (Å²) in [6, 6.07) is 9.08. The maximum atomic E-state index is 5.93. The highest BCUT2D eigenvalue weighted by Gasteiger charge is 2.03. The van der Waals surface area contributed by atoms with Crippen molar-refractivity contribution in [3.05, 3.63) is 51.6 Å². The number of thiocarbonyl (C=S) groups is 1. The van der Waals surface area contributed by atoms with Crippen LogP contribution < -0.4 is 10.6 Å². The van der Waals surface area contributed by atoms with Gasteiger partial charge in [0.05, 0.1) is 0 Å². The number of pyridine rings is 1. The average molecular weight is 326 g/mol. The van der Waals surface area contributed by atoms with Gasteiger partial charge in [-0.25, -0.2) is 4.98 Å². The maximum Gasteiger partial charge on any atom is 0.176 e. The lowest BCUT2D eigenvalue weighted by Gasteiger charge is -2.11. The Hall–Kier alpha value is -1.36. The smallest absolute Gasteiger partial charge is 0.176 e. The van der Waals surface area contributed by atoms with Gasteiger partial charge in [-0.2, -0.15) is 0 Å². The van der Waals surface area contributed by atoms with Gasteiger partial charge in [-0.15, -0.1) is 0 Å². The Bertz CT molecular complexity index is 563. The van der Waals surface area contributed by atoms with Crippen LogP contribution in [0.2, 0.25) is 10.0 Å². The summed E-state index contributed by atoms with van der Waals surface area (Å²) in [5, 5.41) is 7.58. The van der Waals surface area contributed by atoms with Crippen LogP contribution in [0.25, 0.3) is 0 Å². The molecule has 0 bridgehead atoms. The van der Waals surface area contributed by atoms with Crippen LogP contribution in [0.15, 0.2) is 30.3 Å². The molecule has 3 nitrogen and oxygen atoms in total. The van der Waals surface area contributed by atoms with Gasteiger partial charge in [0, 0.05) is 21.4 Å². The van der Waals surface area contributed by atoms with Gasteiger partial charge in [-0.05, 0) is 62.0 Å². The van der Waals surface area contributed by atoms with E-state index in [1.807, 2.05) is 26.0 Å². The first-order valence-electron chi connectivity index (χ1n) is 5.92. The van der Waals surface area contributed by atoms with Crippen LogP contribution in [0, 0.1) is 13.8 Å². The molecule has 0 unspecified atom stereocenters. The second-order valence-electron chi connectivity index (χ2n) is 4.41. The van der Waals surface area contributed by atoms with E-state index in [9.17, 15) is 0 Å². The van der Waals surface area contributed by atoms with Gasteiger partial charge in [0.1, 0.15) is 5.82 Å². The van der Waals surface area contributed by atoms with Crippen molar-refractivity contribution in [2.75, 3.05) is 10.6 Å². The Morgan fingerprint density at radius 2 is 1.65 bits per heavy atom. The third-order valence-corrected chi connectivity index (χ3v) is 3.10. The molecule has 0 fully saturated rings. The lowest BCUT2D eigenvalue weighted by Crippen LogP contribution is -2.20. The Kier molecular flexibility index (Phi) is 4.81. The zero-order chi connectivity index (χ0) is 14.7. The van der Waals surface area contributed by atoms with Crippen molar-refractivity contribution in [3.8, 4) is 0 Å². The summed E-state index contributed by atoms with van der Waals surface area (Å²) in [6.07, 6.45) is 0. The molecule has 2 N–H and O–H groups in total. The molecule has 104 valence electrons. The molecule has 0 spiro atoms. The maximum absolute atomic E-state index is 5.93. The Morgan fingerprint density at radius 3 is 2.25 bits per heavy atom. The summed E-state index contributed by atoms with van der Waals surface area (Å²) in [6.45, 7) is 3.94. The van der Waals surface area contributed by atoms with Crippen LogP contribution in [-0.2, 0) is 0 Å². The zero-order valence-electron chi connectivity index (χ0n) is 11.0. The summed E-state index contributed by atoms with van der Waals surface area (Å²) in [4.78, 5) is 4.36. The van der Waals surface area contributed by atoms with E-state index in [0.717, 1.165) is 16.9 Å². The van der Waals surface area contributed by atoms with Crippen molar-refractivity contribution in [2.45, 2.75) is 13.8 Å². The van der Waals surface area contributed by atoms with Crippen molar-refractivity contribution in [2.24, 2.45) is 0 Å². The first-order chi connectivity index (χ1) is 9.42. The standard InChI is InChI=1S/C14H13Cl2N3S/c1-8-3-9(2)17-13(4-8)19-14(20)18-12-6-10(15)5-11(16)7-12/h3-7H,1-2H3,(H2,17,18,19,20). The van der Waals surface area contributed by atoms with Gasteiger partial charge in [0.15, 0.2) is 5.11 Å². The van der Waals surface area contributed by atoms with Crippen molar-refractivity contribution in [1.82, 2.24) is 4.98 Å². The third-order valence-electron chi connectivity index (χ3n) is 2.46. The number of benzene rings is 1. The molecule has 0 saturated heterocycles. The van der Waals surface area contributed by atoms with Gasteiger partial charge in [0.25, 0.3) is 0 Å². The zero-order valence-corrected chi connectivity index (χ0v) is 13.3. The summed E-state index contributed by atoms with van der Waals surface area (Å²) in [7, 11) is 0. The Labute approximate surface area is 133 Å². The van der Waals surface area contributed by atoms with Crippen LogP contribution in [0.1, 0.15) is 11.3 Å². The largest absolute Gasteiger partial charge is 0.332 e. The molecule has 0 saturated carbocycles. The molecular formula is C14H13Cl2N3S. The SMILES string of the molecule is Cc1cc(C)nc(NC(=S)Nc2cc(Cl)cc(Cl)c2)c1. The van der Waals surface area contributed by atoms with Crippen molar-refractivity contribution in [1.29, 1.82) is 0 Å². The van der Waals surface area contributed by atoms with Crippen molar-refractivity contribution >= 4 is 52.0 Å². The average Bonchev–Trinajstić information content (AvgIpc) is 2.24. The molecule has 0 aliphatic carbocycles. The van der Waals surface area contributed by atoms with Crippen LogP contribution in [0.3, 0.4) is 0 Å². The second kappa shape index (κ2) is 6.39. The van der Waals surface area contributed by atoms with Crippen LogP contribution in [0.5, 0.6) is 0 Å². The van der Waals surface area contributed by atoms with E-state index in [4.69, 9.17) is 35.4 Å². The highest BCUT2D eigenvalue weighted by molar-refractivity contribution is 7.80. The van der Waals surface area contributed by atoms with Crippen LogP contribution in [0.4, 0.5) is 11.5 Å². The number of rotatable bonds is 2. The van der Waals surface area contributed by atoms with E-state index >= 15 is 0 Å². The lowest BCUT2D eigenvalue weighted by atomic mass is 10.2. The van der Waals surface area contributed by atoms with Crippen LogP contribution >= 0.6 is 35.4 Å². The molecule has 1 heterocycles. The number of halogens is 2. The molecule has 0 aliphatic heterocycles. The topological polar surface area (TPSA) is 37.0 Å². The molecular weight excluding hydrogens is 313 g/mol. The predicted molar refractivity (Wildman–Crippen MR) is 90.0 cm³/mol. The number of hydrogen-bond acceptors (Lipinski definition) is 2. The third kappa shape index (κ3) is 4.34. The molecule has 0 atom stereocenters. The Morgan fingerprint density at radius 1 is 1.00 bits per heavy atom. The molecule has 6 heteroatoms. The fraction of sp³-hybridized carbons (Fsp3) is 0.143. The van der Waals surface area contributed by atoms with Gasteiger partial charge in [0.2, 0.25) is 0 Å².